The maximum atomic E-state index is 13.0. The molecule has 1 aromatic heterocycles. The lowest BCUT2D eigenvalue weighted by Crippen LogP contribution is -2.50. The third-order valence-electron chi connectivity index (χ3n) is 5.46. The molecular weight excluding hydrogens is 328 g/mol. The van der Waals surface area contributed by atoms with Crippen molar-refractivity contribution in [1.29, 1.82) is 0 Å². The topological polar surface area (TPSA) is 67.2 Å². The normalized spacial score (nSPS) is 25.7. The Labute approximate surface area is 153 Å². The van der Waals surface area contributed by atoms with Crippen LogP contribution in [0.5, 0.6) is 0 Å². The summed E-state index contributed by atoms with van der Waals surface area (Å²) in [6.45, 7) is 3.09. The maximum absolute atomic E-state index is 13.0. The molecule has 2 aliphatic rings. The molecule has 2 heterocycles. The molecule has 1 saturated carbocycles. The van der Waals surface area contributed by atoms with Crippen molar-refractivity contribution in [3.8, 4) is 0 Å². The van der Waals surface area contributed by atoms with Gasteiger partial charge in [-0.05, 0) is 24.3 Å². The van der Waals surface area contributed by atoms with E-state index in [0.717, 1.165) is 36.8 Å². The average molecular weight is 352 g/mol. The number of hydrogen-bond acceptors (Lipinski definition) is 3. The number of hydrogen-bond donors (Lipinski definition) is 1. The molecule has 0 radical (unpaired) electrons. The zero-order valence-corrected chi connectivity index (χ0v) is 15.0. The Morgan fingerprint density at radius 1 is 1.19 bits per heavy atom. The number of rotatable bonds is 4. The minimum Gasteiger partial charge on any atom is -0.323 e. The van der Waals surface area contributed by atoms with E-state index < -0.39 is 5.54 Å². The van der Waals surface area contributed by atoms with Crippen LogP contribution in [-0.2, 0) is 17.9 Å². The Hall–Kier alpha value is -2.63. The van der Waals surface area contributed by atoms with E-state index in [4.69, 9.17) is 0 Å². The minimum absolute atomic E-state index is 0.0788. The van der Waals surface area contributed by atoms with Crippen LogP contribution in [0.3, 0.4) is 0 Å². The molecule has 1 spiro atoms. The smallest absolute Gasteiger partial charge is 0.323 e. The molecule has 2 fully saturated rings. The fraction of sp³-hybridized carbons (Fsp3) is 0.450. The third-order valence-corrected chi connectivity index (χ3v) is 5.46. The number of imide groups is 1. The number of benzene rings is 1. The summed E-state index contributed by atoms with van der Waals surface area (Å²) in [7, 11) is 0. The molecule has 26 heavy (non-hydrogen) atoms. The Kier molecular flexibility index (Phi) is 4.26. The summed E-state index contributed by atoms with van der Waals surface area (Å²) >= 11 is 0. The lowest BCUT2D eigenvalue weighted by atomic mass is 9.76. The summed E-state index contributed by atoms with van der Waals surface area (Å²) in [5, 5.41) is 7.34. The summed E-state index contributed by atoms with van der Waals surface area (Å²) < 4.78 is 1.83. The summed E-state index contributed by atoms with van der Waals surface area (Å²) in [5.41, 5.74) is 1.34. The molecular formula is C20H24N4O2. The minimum atomic E-state index is -0.686. The second kappa shape index (κ2) is 6.59. The van der Waals surface area contributed by atoms with Crippen LogP contribution >= 0.6 is 0 Å². The predicted octanol–water partition coefficient (Wildman–Crippen LogP) is 2.93. The lowest BCUT2D eigenvalue weighted by molar-refractivity contribution is -0.133. The van der Waals surface area contributed by atoms with Gasteiger partial charge in [0.2, 0.25) is 0 Å². The zero-order chi connectivity index (χ0) is 18.1. The largest absolute Gasteiger partial charge is 0.325 e. The van der Waals surface area contributed by atoms with E-state index >= 15 is 0 Å². The second-order valence-electron chi connectivity index (χ2n) is 7.64. The van der Waals surface area contributed by atoms with Crippen LogP contribution in [0.15, 0.2) is 42.7 Å². The fourth-order valence-electron chi connectivity index (χ4n) is 4.21. The van der Waals surface area contributed by atoms with Crippen LogP contribution in [0.4, 0.5) is 4.79 Å². The predicted molar refractivity (Wildman–Crippen MR) is 97.2 cm³/mol. The van der Waals surface area contributed by atoms with Gasteiger partial charge in [-0.25, -0.2) is 4.79 Å². The van der Waals surface area contributed by atoms with Crippen molar-refractivity contribution in [1.82, 2.24) is 20.0 Å². The van der Waals surface area contributed by atoms with Gasteiger partial charge in [-0.1, -0.05) is 50.1 Å². The Balaban J connectivity index is 1.46. The number of urea groups is 1. The first-order valence-electron chi connectivity index (χ1n) is 9.25. The van der Waals surface area contributed by atoms with Gasteiger partial charge in [-0.15, -0.1) is 0 Å². The molecule has 0 bridgehead atoms. The van der Waals surface area contributed by atoms with E-state index in [1.54, 1.807) is 6.20 Å². The highest BCUT2D eigenvalue weighted by atomic mass is 16.2. The Morgan fingerprint density at radius 3 is 2.77 bits per heavy atom. The zero-order valence-electron chi connectivity index (χ0n) is 15.0. The van der Waals surface area contributed by atoms with Crippen LogP contribution < -0.4 is 5.32 Å². The molecule has 1 aliphatic heterocycles. The molecule has 3 amide bonds. The molecule has 6 nitrogen and oxygen atoms in total. The summed E-state index contributed by atoms with van der Waals surface area (Å²) in [6, 6.07) is 9.80. The third kappa shape index (κ3) is 3.11. The Bertz CT molecular complexity index is 816. The van der Waals surface area contributed by atoms with E-state index in [1.807, 2.05) is 41.2 Å². The van der Waals surface area contributed by atoms with Crippen molar-refractivity contribution in [3.63, 3.8) is 0 Å². The van der Waals surface area contributed by atoms with Gasteiger partial charge < -0.3 is 5.32 Å². The SMILES string of the molecule is CC1CCCC2(C1)NC(=O)N(Cc1cnn(Cc3ccccc3)c1)C2=O. The van der Waals surface area contributed by atoms with E-state index in [-0.39, 0.29) is 18.5 Å². The van der Waals surface area contributed by atoms with E-state index in [2.05, 4.69) is 17.3 Å². The molecule has 1 N–H and O–H groups in total. The first-order chi connectivity index (χ1) is 12.6. The number of carbonyl (C=O) groups excluding carboxylic acids is 2. The monoisotopic (exact) mass is 352 g/mol. The van der Waals surface area contributed by atoms with Gasteiger partial charge in [0.1, 0.15) is 5.54 Å². The van der Waals surface area contributed by atoms with Crippen molar-refractivity contribution < 1.29 is 9.59 Å². The highest BCUT2D eigenvalue weighted by molar-refractivity contribution is 6.07. The molecule has 1 saturated heterocycles. The van der Waals surface area contributed by atoms with E-state index in [9.17, 15) is 9.59 Å². The Morgan fingerprint density at radius 2 is 2.00 bits per heavy atom. The van der Waals surface area contributed by atoms with Crippen LogP contribution in [0.1, 0.15) is 43.7 Å². The number of amides is 3. The standard InChI is InChI=1S/C20H24N4O2/c1-15-6-5-9-20(10-15)18(25)24(19(26)22-20)14-17-11-21-23(13-17)12-16-7-3-2-4-8-16/h2-4,7-8,11,13,15H,5-6,9-10,12,14H2,1H3,(H,22,26). The first kappa shape index (κ1) is 16.8. The number of nitrogens with zero attached hydrogens (tertiary/aromatic N) is 3. The molecule has 2 unspecified atom stereocenters. The summed E-state index contributed by atoms with van der Waals surface area (Å²) in [4.78, 5) is 26.7. The summed E-state index contributed by atoms with van der Waals surface area (Å²) in [5.74, 6) is 0.381. The van der Waals surface area contributed by atoms with Crippen molar-refractivity contribution in [2.75, 3.05) is 0 Å². The van der Waals surface area contributed by atoms with Crippen molar-refractivity contribution in [3.05, 3.63) is 53.9 Å². The van der Waals surface area contributed by atoms with Gasteiger partial charge in [0.25, 0.3) is 5.91 Å². The van der Waals surface area contributed by atoms with Gasteiger partial charge in [0.15, 0.2) is 0 Å². The molecule has 136 valence electrons. The van der Waals surface area contributed by atoms with Gasteiger partial charge in [0, 0.05) is 11.8 Å². The van der Waals surface area contributed by atoms with Crippen LogP contribution in [0, 0.1) is 5.92 Å². The van der Waals surface area contributed by atoms with Crippen molar-refractivity contribution in [2.24, 2.45) is 5.92 Å². The molecule has 2 atom stereocenters. The quantitative estimate of drug-likeness (QED) is 0.861. The van der Waals surface area contributed by atoms with Gasteiger partial charge in [-0.3, -0.25) is 14.4 Å². The number of aromatic nitrogens is 2. The van der Waals surface area contributed by atoms with Crippen LogP contribution in [0.2, 0.25) is 0 Å². The highest BCUT2D eigenvalue weighted by Gasteiger charge is 2.52. The molecule has 1 aromatic carbocycles. The van der Waals surface area contributed by atoms with E-state index in [0.29, 0.717) is 12.5 Å². The van der Waals surface area contributed by atoms with Gasteiger partial charge in [0.05, 0.1) is 19.3 Å². The number of nitrogens with one attached hydrogen (secondary N) is 1. The van der Waals surface area contributed by atoms with Gasteiger partial charge in [-0.2, -0.15) is 5.10 Å². The molecule has 2 aromatic rings. The lowest BCUT2D eigenvalue weighted by Gasteiger charge is -2.34. The fourth-order valence-corrected chi connectivity index (χ4v) is 4.21. The molecule has 6 heteroatoms. The second-order valence-corrected chi connectivity index (χ2v) is 7.64. The van der Waals surface area contributed by atoms with Crippen molar-refractivity contribution in [2.45, 2.75) is 51.2 Å². The molecule has 1 aliphatic carbocycles. The van der Waals surface area contributed by atoms with Gasteiger partial charge >= 0.3 is 6.03 Å². The van der Waals surface area contributed by atoms with Crippen molar-refractivity contribution >= 4 is 11.9 Å². The van der Waals surface area contributed by atoms with E-state index in [1.165, 1.54) is 4.90 Å². The van der Waals surface area contributed by atoms with Crippen LogP contribution in [-0.4, -0.2) is 32.2 Å². The first-order valence-corrected chi connectivity index (χ1v) is 9.25. The molecule has 4 rings (SSSR count). The highest BCUT2D eigenvalue weighted by Crippen LogP contribution is 2.37. The number of carbonyl (C=O) groups is 2. The van der Waals surface area contributed by atoms with Crippen LogP contribution in [0.25, 0.3) is 0 Å². The average Bonchev–Trinajstić information content (AvgIpc) is 3.14. The maximum Gasteiger partial charge on any atom is 0.325 e. The summed E-state index contributed by atoms with van der Waals surface area (Å²) in [6.07, 6.45) is 7.22.